The van der Waals surface area contributed by atoms with Crippen LogP contribution in [0.2, 0.25) is 0 Å². The normalized spacial score (nSPS) is 12.3. The molecule has 2 aromatic carbocycles. The van der Waals surface area contributed by atoms with E-state index in [0.29, 0.717) is 0 Å². The summed E-state index contributed by atoms with van der Waals surface area (Å²) < 4.78 is 0. The van der Waals surface area contributed by atoms with Crippen molar-refractivity contribution in [2.75, 3.05) is 11.9 Å². The van der Waals surface area contributed by atoms with Crippen molar-refractivity contribution < 1.29 is 16.3 Å². The molecule has 100 valence electrons. The van der Waals surface area contributed by atoms with Crippen LogP contribution in [0.4, 0.5) is 5.69 Å². The molecule has 0 aliphatic carbocycles. The summed E-state index contributed by atoms with van der Waals surface area (Å²) >= 11 is 0. The molecule has 0 aromatic heterocycles. The van der Waals surface area contributed by atoms with Crippen LogP contribution in [0.5, 0.6) is 0 Å². The SMILES string of the molecule is [NH3+]CCC[C@H]([NH3+])C(=O)Nc1ccc2ccccc2c1. The maximum absolute atomic E-state index is 12.0. The van der Waals surface area contributed by atoms with Crippen molar-refractivity contribution in [3.63, 3.8) is 0 Å². The molecule has 2 aromatic rings. The van der Waals surface area contributed by atoms with Gasteiger partial charge in [0.25, 0.3) is 5.91 Å². The van der Waals surface area contributed by atoms with Crippen molar-refractivity contribution in [1.82, 2.24) is 0 Å². The summed E-state index contributed by atoms with van der Waals surface area (Å²) in [4.78, 5) is 12.0. The number of hydrogen-bond acceptors (Lipinski definition) is 1. The lowest BCUT2D eigenvalue weighted by Crippen LogP contribution is -2.66. The van der Waals surface area contributed by atoms with Gasteiger partial charge in [-0.25, -0.2) is 0 Å². The third-order valence-electron chi connectivity index (χ3n) is 3.19. The van der Waals surface area contributed by atoms with Crippen molar-refractivity contribution in [2.24, 2.45) is 0 Å². The molecular formula is C15H21N3O+2. The molecule has 0 aliphatic rings. The Morgan fingerprint density at radius 1 is 1.16 bits per heavy atom. The molecule has 0 heterocycles. The largest absolute Gasteiger partial charge is 0.358 e. The number of quaternary nitrogens is 2. The number of carbonyl (C=O) groups is 1. The minimum Gasteiger partial charge on any atom is -0.358 e. The van der Waals surface area contributed by atoms with Crippen molar-refractivity contribution in [3.05, 3.63) is 42.5 Å². The number of benzene rings is 2. The van der Waals surface area contributed by atoms with E-state index in [0.717, 1.165) is 30.5 Å². The minimum absolute atomic E-state index is 0.0243. The van der Waals surface area contributed by atoms with E-state index in [1.165, 1.54) is 5.39 Å². The molecule has 0 saturated carbocycles. The molecule has 2 rings (SSSR count). The summed E-state index contributed by atoms with van der Waals surface area (Å²) in [5, 5.41) is 5.21. The predicted octanol–water partition coefficient (Wildman–Crippen LogP) is 0.411. The zero-order valence-corrected chi connectivity index (χ0v) is 11.1. The van der Waals surface area contributed by atoms with Crippen LogP contribution in [-0.4, -0.2) is 18.5 Å². The van der Waals surface area contributed by atoms with Gasteiger partial charge >= 0.3 is 0 Å². The van der Waals surface area contributed by atoms with Crippen LogP contribution in [0.15, 0.2) is 42.5 Å². The average molecular weight is 259 g/mol. The topological polar surface area (TPSA) is 84.4 Å². The van der Waals surface area contributed by atoms with E-state index < -0.39 is 0 Å². The van der Waals surface area contributed by atoms with Crippen LogP contribution in [0.25, 0.3) is 10.8 Å². The molecule has 1 atom stereocenters. The highest BCUT2D eigenvalue weighted by atomic mass is 16.2. The Morgan fingerprint density at radius 3 is 2.63 bits per heavy atom. The molecule has 0 unspecified atom stereocenters. The molecule has 0 aliphatic heterocycles. The van der Waals surface area contributed by atoms with E-state index in [9.17, 15) is 4.79 Å². The van der Waals surface area contributed by atoms with Crippen LogP contribution in [0, 0.1) is 0 Å². The number of fused-ring (bicyclic) bond motifs is 1. The first-order chi connectivity index (χ1) is 9.20. The second kappa shape index (κ2) is 6.31. The summed E-state index contributed by atoms with van der Waals surface area (Å²) in [6.07, 6.45) is 1.71. The summed E-state index contributed by atoms with van der Waals surface area (Å²) in [5.41, 5.74) is 8.50. The van der Waals surface area contributed by atoms with Gasteiger partial charge in [0.1, 0.15) is 0 Å². The van der Waals surface area contributed by atoms with E-state index in [1.807, 2.05) is 36.4 Å². The first-order valence-corrected chi connectivity index (χ1v) is 6.62. The number of rotatable bonds is 5. The van der Waals surface area contributed by atoms with E-state index in [1.54, 1.807) is 0 Å². The molecule has 0 radical (unpaired) electrons. The molecule has 0 saturated heterocycles. The van der Waals surface area contributed by atoms with Crippen LogP contribution in [0.1, 0.15) is 12.8 Å². The van der Waals surface area contributed by atoms with Crippen LogP contribution >= 0.6 is 0 Å². The lowest BCUT2D eigenvalue weighted by Gasteiger charge is -2.09. The summed E-state index contributed by atoms with van der Waals surface area (Å²) in [7, 11) is 0. The van der Waals surface area contributed by atoms with Gasteiger partial charge in [-0.05, 0) is 22.9 Å². The van der Waals surface area contributed by atoms with Gasteiger partial charge < -0.3 is 16.8 Å². The second-order valence-corrected chi connectivity index (χ2v) is 4.74. The van der Waals surface area contributed by atoms with Crippen LogP contribution in [0.3, 0.4) is 0 Å². The molecule has 19 heavy (non-hydrogen) atoms. The van der Waals surface area contributed by atoms with Gasteiger partial charge in [-0.1, -0.05) is 30.3 Å². The van der Waals surface area contributed by atoms with E-state index >= 15 is 0 Å². The van der Waals surface area contributed by atoms with Crippen molar-refractivity contribution in [2.45, 2.75) is 18.9 Å². The minimum atomic E-state index is -0.215. The van der Waals surface area contributed by atoms with E-state index in [4.69, 9.17) is 0 Å². The van der Waals surface area contributed by atoms with Gasteiger partial charge in [-0.15, -0.1) is 0 Å². The lowest BCUT2D eigenvalue weighted by atomic mass is 10.1. The zero-order chi connectivity index (χ0) is 13.7. The highest BCUT2D eigenvalue weighted by Gasteiger charge is 2.16. The lowest BCUT2D eigenvalue weighted by molar-refractivity contribution is -0.410. The van der Waals surface area contributed by atoms with Gasteiger partial charge in [-0.2, -0.15) is 0 Å². The fourth-order valence-electron chi connectivity index (χ4n) is 2.03. The number of nitrogens with one attached hydrogen (secondary N) is 1. The van der Waals surface area contributed by atoms with Crippen LogP contribution < -0.4 is 16.8 Å². The summed E-state index contributed by atoms with van der Waals surface area (Å²) in [6.45, 7) is 0.843. The Morgan fingerprint density at radius 2 is 1.89 bits per heavy atom. The van der Waals surface area contributed by atoms with Gasteiger partial charge in [-0.3, -0.25) is 4.79 Å². The second-order valence-electron chi connectivity index (χ2n) is 4.74. The molecule has 0 fully saturated rings. The third-order valence-corrected chi connectivity index (χ3v) is 3.19. The maximum atomic E-state index is 12.0. The van der Waals surface area contributed by atoms with Gasteiger partial charge in [0.2, 0.25) is 0 Å². The van der Waals surface area contributed by atoms with E-state index in [-0.39, 0.29) is 11.9 Å². The molecule has 4 heteroatoms. The average Bonchev–Trinajstić information content (AvgIpc) is 2.44. The fraction of sp³-hybridized carbons (Fsp3) is 0.267. The highest BCUT2D eigenvalue weighted by Crippen LogP contribution is 2.18. The van der Waals surface area contributed by atoms with Crippen molar-refractivity contribution >= 4 is 22.4 Å². The van der Waals surface area contributed by atoms with Gasteiger partial charge in [0.05, 0.1) is 6.54 Å². The molecule has 1 amide bonds. The molecule has 0 bridgehead atoms. The smallest absolute Gasteiger partial charge is 0.282 e. The van der Waals surface area contributed by atoms with E-state index in [2.05, 4.69) is 22.9 Å². The fourth-order valence-corrected chi connectivity index (χ4v) is 2.03. The Balaban J connectivity index is 2.06. The van der Waals surface area contributed by atoms with Crippen molar-refractivity contribution in [3.8, 4) is 0 Å². The number of carbonyl (C=O) groups excluding carboxylic acids is 1. The standard InChI is InChI=1S/C15H19N3O/c16-9-3-6-14(17)15(19)18-13-8-7-11-4-1-2-5-12(11)10-13/h1-2,4-5,7-8,10,14H,3,6,9,16-17H2,(H,18,19)/p+2/t14-/m0/s1. The van der Waals surface area contributed by atoms with Crippen LogP contribution in [-0.2, 0) is 4.79 Å². The Hall–Kier alpha value is -1.91. The highest BCUT2D eigenvalue weighted by molar-refractivity contribution is 5.96. The first kappa shape index (κ1) is 13.5. The molecular weight excluding hydrogens is 238 g/mol. The third kappa shape index (κ3) is 3.53. The zero-order valence-electron chi connectivity index (χ0n) is 11.1. The summed E-state index contributed by atoms with van der Waals surface area (Å²) in [5.74, 6) is -0.0243. The number of hydrogen-bond donors (Lipinski definition) is 3. The Kier molecular flexibility index (Phi) is 4.49. The quantitative estimate of drug-likeness (QED) is 0.714. The predicted molar refractivity (Wildman–Crippen MR) is 76.2 cm³/mol. The first-order valence-electron chi connectivity index (χ1n) is 6.62. The number of anilines is 1. The number of amides is 1. The van der Waals surface area contributed by atoms with Gasteiger partial charge in [0, 0.05) is 18.5 Å². The maximum Gasteiger partial charge on any atom is 0.282 e. The van der Waals surface area contributed by atoms with Gasteiger partial charge in [0.15, 0.2) is 6.04 Å². The Labute approximate surface area is 112 Å². The summed E-state index contributed by atoms with van der Waals surface area (Å²) in [6, 6.07) is 13.8. The Bertz CT molecular complexity index is 568. The molecule has 4 nitrogen and oxygen atoms in total. The molecule has 0 spiro atoms. The van der Waals surface area contributed by atoms with Crippen molar-refractivity contribution in [1.29, 1.82) is 0 Å². The monoisotopic (exact) mass is 259 g/mol. The molecule has 7 N–H and O–H groups in total.